The van der Waals surface area contributed by atoms with Crippen molar-refractivity contribution in [3.8, 4) is 16.9 Å². The highest BCUT2D eigenvalue weighted by Gasteiger charge is 2.29. The van der Waals surface area contributed by atoms with Crippen LogP contribution in [0.15, 0.2) is 71.9 Å². The summed E-state index contributed by atoms with van der Waals surface area (Å²) >= 11 is 1.16. The maximum Gasteiger partial charge on any atom is 0.333 e. The van der Waals surface area contributed by atoms with Gasteiger partial charge < -0.3 is 13.9 Å². The fourth-order valence-electron chi connectivity index (χ4n) is 4.85. The lowest BCUT2D eigenvalue weighted by molar-refractivity contribution is 0.0993. The van der Waals surface area contributed by atoms with E-state index in [1.807, 2.05) is 78.3 Å². The average molecular weight is 482 g/mol. The average Bonchev–Trinajstić information content (AvgIpc) is 3.57. The van der Waals surface area contributed by atoms with Crippen molar-refractivity contribution < 1.29 is 9.53 Å². The van der Waals surface area contributed by atoms with Gasteiger partial charge in [0.25, 0.3) is 0 Å². The molecule has 0 saturated carbocycles. The molecule has 0 unspecified atom stereocenters. The van der Waals surface area contributed by atoms with Crippen LogP contribution in [0.1, 0.15) is 16.1 Å². The molecule has 0 fully saturated rings. The van der Waals surface area contributed by atoms with E-state index >= 15 is 0 Å². The molecule has 0 N–H and O–H groups in total. The summed E-state index contributed by atoms with van der Waals surface area (Å²) in [6.07, 6.45) is 0. The zero-order valence-corrected chi connectivity index (χ0v) is 19.7. The molecule has 0 aliphatic carbocycles. The highest BCUT2D eigenvalue weighted by Crippen LogP contribution is 2.41. The lowest BCUT2D eigenvalue weighted by atomic mass is 10.0. The Labute approximate surface area is 203 Å². The number of carbonyl (C=O) groups excluding carboxylic acids is 1. The summed E-state index contributed by atoms with van der Waals surface area (Å²) in [5, 5.41) is 3.83. The first-order valence-electron chi connectivity index (χ1n) is 10.9. The second-order valence-electron chi connectivity index (χ2n) is 8.30. The van der Waals surface area contributed by atoms with Gasteiger partial charge >= 0.3 is 5.91 Å². The minimum Gasteiger partial charge on any atom is -0.497 e. The smallest absolute Gasteiger partial charge is 0.333 e. The van der Waals surface area contributed by atoms with Crippen LogP contribution in [0.25, 0.3) is 44.1 Å². The second kappa shape index (κ2) is 8.14. The molecule has 6 aromatic rings. The molecule has 8 nitrogen and oxygen atoms in total. The van der Waals surface area contributed by atoms with Crippen LogP contribution in [-0.2, 0) is 13.6 Å². The molecule has 0 bridgehead atoms. The van der Waals surface area contributed by atoms with Gasteiger partial charge in [0.1, 0.15) is 22.5 Å². The molecule has 0 aliphatic rings. The van der Waals surface area contributed by atoms with Gasteiger partial charge in [-0.1, -0.05) is 36.4 Å². The predicted octanol–water partition coefficient (Wildman–Crippen LogP) is 5.77. The number of hydrogen-bond donors (Lipinski definition) is 0. The van der Waals surface area contributed by atoms with Crippen molar-refractivity contribution in [2.75, 3.05) is 7.11 Å². The van der Waals surface area contributed by atoms with Gasteiger partial charge in [-0.25, -0.2) is 0 Å². The number of nitroso groups, excluding NO2 is 1. The Morgan fingerprint density at radius 2 is 1.77 bits per heavy atom. The Morgan fingerprint density at radius 1 is 1.00 bits per heavy atom. The molecular formula is C26H19N5O3S. The fourth-order valence-corrected chi connectivity index (χ4v) is 5.37. The van der Waals surface area contributed by atoms with E-state index in [0.29, 0.717) is 17.9 Å². The van der Waals surface area contributed by atoms with E-state index in [1.165, 1.54) is 0 Å². The number of hydrogen-bond acceptors (Lipinski definition) is 6. The zero-order valence-electron chi connectivity index (χ0n) is 18.9. The van der Waals surface area contributed by atoms with E-state index in [9.17, 15) is 9.70 Å². The number of para-hydroxylation sites is 1. The van der Waals surface area contributed by atoms with Gasteiger partial charge in [-0.2, -0.15) is 8.75 Å². The molecule has 0 radical (unpaired) electrons. The summed E-state index contributed by atoms with van der Waals surface area (Å²) in [6.45, 7) is 0.366. The van der Waals surface area contributed by atoms with Crippen LogP contribution in [0.4, 0.5) is 0 Å². The van der Waals surface area contributed by atoms with Crippen LogP contribution < -0.4 is 4.74 Å². The summed E-state index contributed by atoms with van der Waals surface area (Å²) in [4.78, 5) is 24.7. The lowest BCUT2D eigenvalue weighted by Crippen LogP contribution is -2.10. The second-order valence-corrected chi connectivity index (χ2v) is 8.82. The first-order chi connectivity index (χ1) is 17.1. The SMILES string of the molecule is COc1ccc(-c2c(C(=O)N=O)n(Cc3ccc4nsnc4c3)c3c4ccccc4n(C)c23)cc1. The molecule has 0 saturated heterocycles. The highest BCUT2D eigenvalue weighted by molar-refractivity contribution is 7.00. The number of aryl methyl sites for hydroxylation is 1. The molecule has 35 heavy (non-hydrogen) atoms. The molecular weight excluding hydrogens is 462 g/mol. The van der Waals surface area contributed by atoms with Crippen LogP contribution in [-0.4, -0.2) is 30.9 Å². The standard InChI is InChI=1S/C26H19N5O3S/c1-30-21-6-4-3-5-18(21)23-24(30)22(16-8-10-17(34-2)11-9-16)25(26(32)27-33)31(23)14-15-7-12-19-20(13-15)29-35-28-19/h3-13H,14H2,1-2H3. The van der Waals surface area contributed by atoms with E-state index in [4.69, 9.17) is 4.74 Å². The topological polar surface area (TPSA) is 91.4 Å². The van der Waals surface area contributed by atoms with E-state index in [1.54, 1.807) is 7.11 Å². The monoisotopic (exact) mass is 481 g/mol. The number of benzene rings is 3. The van der Waals surface area contributed by atoms with Crippen molar-refractivity contribution in [3.05, 3.63) is 82.9 Å². The molecule has 3 aromatic heterocycles. The quantitative estimate of drug-likeness (QED) is 0.292. The summed E-state index contributed by atoms with van der Waals surface area (Å²) in [7, 11) is 3.57. The summed E-state index contributed by atoms with van der Waals surface area (Å²) < 4.78 is 17.9. The Morgan fingerprint density at radius 3 is 2.54 bits per heavy atom. The van der Waals surface area contributed by atoms with Crippen molar-refractivity contribution >= 4 is 50.6 Å². The highest BCUT2D eigenvalue weighted by atomic mass is 32.1. The number of ether oxygens (including phenoxy) is 1. The van der Waals surface area contributed by atoms with Gasteiger partial charge in [-0.3, -0.25) is 4.79 Å². The molecule has 3 heterocycles. The maximum atomic E-state index is 13.1. The fraction of sp³-hybridized carbons (Fsp3) is 0.115. The van der Waals surface area contributed by atoms with Crippen molar-refractivity contribution in [1.82, 2.24) is 17.9 Å². The molecule has 172 valence electrons. The first kappa shape index (κ1) is 21.2. The van der Waals surface area contributed by atoms with E-state index < -0.39 is 5.91 Å². The van der Waals surface area contributed by atoms with Crippen molar-refractivity contribution in [2.45, 2.75) is 6.54 Å². The summed E-state index contributed by atoms with van der Waals surface area (Å²) in [6, 6.07) is 21.4. The number of fused-ring (bicyclic) bond motifs is 4. The third kappa shape index (κ3) is 3.23. The van der Waals surface area contributed by atoms with Crippen LogP contribution in [0.2, 0.25) is 0 Å². The number of carbonyl (C=O) groups is 1. The third-order valence-corrected chi connectivity index (χ3v) is 6.97. The maximum absolute atomic E-state index is 13.1. The number of amides is 1. The van der Waals surface area contributed by atoms with Gasteiger partial charge in [-0.15, -0.1) is 4.91 Å². The van der Waals surface area contributed by atoms with Crippen LogP contribution in [0.5, 0.6) is 5.75 Å². The Balaban J connectivity index is 1.70. The zero-order chi connectivity index (χ0) is 24.1. The van der Waals surface area contributed by atoms with Crippen molar-refractivity contribution in [2.24, 2.45) is 12.2 Å². The molecule has 0 spiro atoms. The third-order valence-electron chi connectivity index (χ3n) is 6.42. The largest absolute Gasteiger partial charge is 0.497 e. The van der Waals surface area contributed by atoms with Gasteiger partial charge in [0.2, 0.25) is 0 Å². The molecule has 6 rings (SSSR count). The first-order valence-corrected chi connectivity index (χ1v) is 11.7. The van der Waals surface area contributed by atoms with Gasteiger partial charge in [0, 0.05) is 29.7 Å². The van der Waals surface area contributed by atoms with Gasteiger partial charge in [0.05, 0.1) is 35.4 Å². The Kier molecular flexibility index (Phi) is 4.93. The van der Waals surface area contributed by atoms with Crippen molar-refractivity contribution in [3.63, 3.8) is 0 Å². The van der Waals surface area contributed by atoms with E-state index in [0.717, 1.165) is 55.8 Å². The number of aromatic nitrogens is 4. The number of nitrogens with zero attached hydrogens (tertiary/aromatic N) is 5. The Hall–Kier alpha value is -4.37. The summed E-state index contributed by atoms with van der Waals surface area (Å²) in [5.74, 6) is -0.111. The molecule has 3 aromatic carbocycles. The Bertz CT molecular complexity index is 1760. The molecule has 0 aliphatic heterocycles. The minimum absolute atomic E-state index is 0.257. The predicted molar refractivity (Wildman–Crippen MR) is 137 cm³/mol. The van der Waals surface area contributed by atoms with Crippen LogP contribution in [0.3, 0.4) is 0 Å². The molecule has 1 amide bonds. The minimum atomic E-state index is -0.812. The van der Waals surface area contributed by atoms with Crippen LogP contribution in [0, 0.1) is 4.91 Å². The van der Waals surface area contributed by atoms with Gasteiger partial charge in [-0.05, 0) is 41.5 Å². The number of rotatable bonds is 5. The van der Waals surface area contributed by atoms with Crippen molar-refractivity contribution in [1.29, 1.82) is 0 Å². The van der Waals surface area contributed by atoms with Crippen LogP contribution >= 0.6 is 11.7 Å². The summed E-state index contributed by atoms with van der Waals surface area (Å²) in [5.41, 5.74) is 7.05. The molecule has 0 atom stereocenters. The normalized spacial score (nSPS) is 11.5. The lowest BCUT2D eigenvalue weighted by Gasteiger charge is -2.11. The molecule has 9 heteroatoms. The number of methoxy groups -OCH3 is 1. The van der Waals surface area contributed by atoms with Gasteiger partial charge in [0.15, 0.2) is 0 Å². The van der Waals surface area contributed by atoms with E-state index in [-0.39, 0.29) is 5.69 Å². The van der Waals surface area contributed by atoms with E-state index in [2.05, 4.69) is 18.5 Å².